The smallest absolute Gasteiger partial charge is 0.271 e. The normalized spacial score (nSPS) is 14.3. The summed E-state index contributed by atoms with van der Waals surface area (Å²) in [7, 11) is -1.33. The fraction of sp³-hybridized carbons (Fsp3) is 0.554. The first-order valence-electron chi connectivity index (χ1n) is 28.8. The molecule has 30 heteroatoms. The first kappa shape index (κ1) is 69.9. The standard InChI is InChI=1S/C56H86N18O9S3/c1-31(2)24-39(70-54(81)41(25-34-27-66-37-13-7-6-12-35(34)37)71-55(82)46-32(3)48(60)74-50(73-46)40(26-44(59)75)67-28-36(58)49(61)77)47(76)33(4)51(78)69-38(15-23-86(5)83)52(79)65-22-14-45-68-43(30-84-45)56-72-42(29-85-56)53(80)64-21-11-20-63-18-9-8-17-62-19-10-16-57/h6-7,12-13,27,29-31,33,36,38-41,47,62-63,66-67,76H,8-11,14-26,28,57-58H2,1-5H3,(H2,59,75)(H2,61,77)(H,64,80)(H,65,79)(H,69,78)(H,70,81)(H,71,82)(H2,60,73,74)/t33-,36-,38-,39+,40-,41-,47-,86?/m0/s1. The lowest BCUT2D eigenvalue weighted by Gasteiger charge is -2.31. The molecule has 0 bridgehead atoms. The number of aromatic amines is 1. The predicted molar refractivity (Wildman–Crippen MR) is 334 cm³/mol. The number of aromatic nitrogens is 5. The van der Waals surface area contributed by atoms with Gasteiger partial charge in [-0.1, -0.05) is 39.0 Å². The van der Waals surface area contributed by atoms with Crippen molar-refractivity contribution in [2.75, 3.05) is 70.1 Å². The van der Waals surface area contributed by atoms with Crippen molar-refractivity contribution in [1.29, 1.82) is 0 Å². The molecule has 20 N–H and O–H groups in total. The lowest BCUT2D eigenvalue weighted by atomic mass is 9.90. The fourth-order valence-corrected chi connectivity index (χ4v) is 11.2. The lowest BCUT2D eigenvalue weighted by molar-refractivity contribution is -0.134. The number of nitrogen functional groups attached to an aromatic ring is 1. The van der Waals surface area contributed by atoms with Crippen molar-refractivity contribution in [3.63, 3.8) is 0 Å². The third-order valence-corrected chi connectivity index (χ3v) is 16.6. The van der Waals surface area contributed by atoms with Gasteiger partial charge in [0.1, 0.15) is 45.8 Å². The molecule has 472 valence electrons. The van der Waals surface area contributed by atoms with E-state index < -0.39 is 88.5 Å². The maximum absolute atomic E-state index is 14.7. The quantitative estimate of drug-likeness (QED) is 0.0223. The molecule has 0 aliphatic rings. The van der Waals surface area contributed by atoms with Gasteiger partial charge in [0, 0.05) is 95.1 Å². The Morgan fingerprint density at radius 1 is 0.791 bits per heavy atom. The molecule has 1 aromatic carbocycles. The fourth-order valence-electron chi connectivity index (χ4n) is 9.06. The molecular formula is C56H86N18O9S3. The molecule has 5 rings (SSSR count). The first-order chi connectivity index (χ1) is 41.1. The number of carbonyl (C=O) groups excluding carboxylic acids is 7. The SMILES string of the molecule is Cc1c(N)nc([C@H](CC(N)=O)NC[C@H](N)C(N)=O)nc1C(=O)N[C@@H](Cc1c[nH]c2ccccc12)C(=O)N[C@H](CC(C)C)[C@@H](O)[C@H](C)C(=O)N[C@@H](CCS(C)=O)C(=O)NCCc1nc(-c2nc(C(=O)NCCCNCCCCNCCCN)cs2)cs1. The molecule has 0 spiro atoms. The number of nitrogens with two attached hydrogens (primary N) is 5. The van der Waals surface area contributed by atoms with Crippen molar-refractivity contribution in [3.05, 3.63) is 74.6 Å². The molecule has 0 radical (unpaired) electrons. The molecule has 7 amide bonds. The van der Waals surface area contributed by atoms with Gasteiger partial charge >= 0.3 is 0 Å². The molecule has 0 saturated carbocycles. The molecule has 27 nitrogen and oxygen atoms in total. The monoisotopic (exact) mass is 1250 g/mol. The van der Waals surface area contributed by atoms with Gasteiger partial charge < -0.3 is 81.3 Å². The number of rotatable bonds is 40. The molecule has 0 aliphatic heterocycles. The highest BCUT2D eigenvalue weighted by Gasteiger charge is 2.36. The van der Waals surface area contributed by atoms with Crippen molar-refractivity contribution < 1.29 is 42.9 Å². The summed E-state index contributed by atoms with van der Waals surface area (Å²) >= 11 is 2.67. The molecule has 4 heterocycles. The van der Waals surface area contributed by atoms with E-state index in [1.807, 2.05) is 43.5 Å². The summed E-state index contributed by atoms with van der Waals surface area (Å²) in [5.74, 6) is -6.18. The van der Waals surface area contributed by atoms with E-state index in [2.05, 4.69) is 67.5 Å². The Bertz CT molecular complexity index is 3060. The number of carbonyl (C=O) groups is 7. The zero-order chi connectivity index (χ0) is 62.9. The Kier molecular flexibility index (Phi) is 29.0. The number of hydrogen-bond donors (Lipinski definition) is 15. The van der Waals surface area contributed by atoms with Crippen molar-refractivity contribution in [3.8, 4) is 10.7 Å². The molecule has 8 atom stereocenters. The summed E-state index contributed by atoms with van der Waals surface area (Å²) in [5, 5.41) is 41.4. The summed E-state index contributed by atoms with van der Waals surface area (Å²) in [5.41, 5.74) is 30.7. The number of amides is 7. The van der Waals surface area contributed by atoms with Crippen LogP contribution in [-0.2, 0) is 47.6 Å². The minimum Gasteiger partial charge on any atom is -0.390 e. The van der Waals surface area contributed by atoms with Crippen LogP contribution in [0.4, 0.5) is 5.82 Å². The maximum atomic E-state index is 14.7. The van der Waals surface area contributed by atoms with E-state index in [0.29, 0.717) is 46.5 Å². The van der Waals surface area contributed by atoms with E-state index >= 15 is 0 Å². The summed E-state index contributed by atoms with van der Waals surface area (Å²) in [6, 6.07) is 1.61. The van der Waals surface area contributed by atoms with Gasteiger partial charge in [-0.15, -0.1) is 22.7 Å². The Labute approximate surface area is 511 Å². The second-order valence-electron chi connectivity index (χ2n) is 21.5. The number of thiazole rings is 2. The molecule has 1 unspecified atom stereocenters. The van der Waals surface area contributed by atoms with Gasteiger partial charge in [0.2, 0.25) is 29.5 Å². The predicted octanol–water partition coefficient (Wildman–Crippen LogP) is -0.343. The van der Waals surface area contributed by atoms with Crippen LogP contribution in [0.5, 0.6) is 0 Å². The van der Waals surface area contributed by atoms with E-state index in [9.17, 15) is 42.9 Å². The number of unbranched alkanes of at least 4 members (excludes halogenated alkanes) is 1. The molecule has 0 fully saturated rings. The van der Waals surface area contributed by atoms with Crippen molar-refractivity contribution in [1.82, 2.24) is 67.5 Å². The summed E-state index contributed by atoms with van der Waals surface area (Å²) in [6.45, 7) is 11.4. The number of H-pyrrole nitrogens is 1. The van der Waals surface area contributed by atoms with Gasteiger partial charge in [0.25, 0.3) is 11.8 Å². The minimum absolute atomic E-state index is 0.0163. The second-order valence-corrected chi connectivity index (χ2v) is 24.8. The zero-order valence-electron chi connectivity index (χ0n) is 49.5. The van der Waals surface area contributed by atoms with Crippen LogP contribution >= 0.6 is 22.7 Å². The molecule has 0 saturated heterocycles. The summed E-state index contributed by atoms with van der Waals surface area (Å²) in [4.78, 5) is 115. The third kappa shape index (κ3) is 22.4. The van der Waals surface area contributed by atoms with Gasteiger partial charge in [0.15, 0.2) is 0 Å². The first-order valence-corrected chi connectivity index (χ1v) is 32.3. The topological polar surface area (TPSA) is 450 Å². The number of nitrogens with zero attached hydrogens (tertiary/aromatic N) is 4. The van der Waals surface area contributed by atoms with Crippen molar-refractivity contribution in [2.45, 2.75) is 122 Å². The van der Waals surface area contributed by atoms with Crippen molar-refractivity contribution in [2.24, 2.45) is 34.8 Å². The average molecular weight is 1250 g/mol. The zero-order valence-corrected chi connectivity index (χ0v) is 52.0. The third-order valence-electron chi connectivity index (χ3n) is 14.0. The summed E-state index contributed by atoms with van der Waals surface area (Å²) < 4.78 is 12.3. The number of para-hydroxylation sites is 1. The molecular weight excluding hydrogens is 1160 g/mol. The average Bonchev–Trinajstić information content (AvgIpc) is 4.42. The van der Waals surface area contributed by atoms with Gasteiger partial charge in [-0.05, 0) is 95.7 Å². The number of aliphatic hydroxyl groups excluding tert-OH is 1. The van der Waals surface area contributed by atoms with E-state index in [4.69, 9.17) is 28.7 Å². The van der Waals surface area contributed by atoms with Crippen LogP contribution in [0.2, 0.25) is 0 Å². The molecule has 5 aromatic rings. The highest BCUT2D eigenvalue weighted by molar-refractivity contribution is 7.84. The minimum atomic E-state index is -1.52. The van der Waals surface area contributed by atoms with E-state index in [-0.39, 0.29) is 79.3 Å². The van der Waals surface area contributed by atoms with E-state index in [1.54, 1.807) is 11.6 Å². The number of nitrogens with one attached hydrogen (secondary N) is 9. The number of benzene rings is 1. The van der Waals surface area contributed by atoms with Crippen LogP contribution in [0.25, 0.3) is 21.6 Å². The lowest BCUT2D eigenvalue weighted by Crippen LogP contribution is -2.57. The van der Waals surface area contributed by atoms with Crippen LogP contribution in [0.3, 0.4) is 0 Å². The summed E-state index contributed by atoms with van der Waals surface area (Å²) in [6.07, 6.45) is 5.65. The van der Waals surface area contributed by atoms with Gasteiger partial charge in [0.05, 0.1) is 35.2 Å². The van der Waals surface area contributed by atoms with Gasteiger partial charge in [-0.3, -0.25) is 37.8 Å². The van der Waals surface area contributed by atoms with Crippen LogP contribution < -0.4 is 71.2 Å². The largest absolute Gasteiger partial charge is 0.390 e. The molecule has 0 aliphatic carbocycles. The van der Waals surface area contributed by atoms with E-state index in [0.717, 1.165) is 62.8 Å². The Morgan fingerprint density at radius 2 is 1.50 bits per heavy atom. The highest BCUT2D eigenvalue weighted by atomic mass is 32.2. The number of primary amides is 2. The number of hydrogen-bond acceptors (Lipinski definition) is 21. The van der Waals surface area contributed by atoms with Crippen LogP contribution in [0.15, 0.2) is 41.2 Å². The number of anilines is 1. The molecule has 4 aromatic heterocycles. The van der Waals surface area contributed by atoms with Crippen LogP contribution in [-0.4, -0.2) is 170 Å². The van der Waals surface area contributed by atoms with Gasteiger partial charge in [-0.25, -0.2) is 19.9 Å². The van der Waals surface area contributed by atoms with Crippen LogP contribution in [0, 0.1) is 18.8 Å². The van der Waals surface area contributed by atoms with Gasteiger partial charge in [-0.2, -0.15) is 0 Å². The van der Waals surface area contributed by atoms with Crippen LogP contribution in [0.1, 0.15) is 115 Å². The van der Waals surface area contributed by atoms with E-state index in [1.165, 1.54) is 42.8 Å². The maximum Gasteiger partial charge on any atom is 0.271 e. The molecule has 86 heavy (non-hydrogen) atoms. The van der Waals surface area contributed by atoms with Crippen molar-refractivity contribution >= 4 is 91.5 Å². The Hall–Kier alpha value is -6.90. The Morgan fingerprint density at radius 3 is 2.19 bits per heavy atom. The second kappa shape index (κ2) is 35.7. The number of fused-ring (bicyclic) bond motifs is 1. The Balaban J connectivity index is 1.22. The highest BCUT2D eigenvalue weighted by Crippen LogP contribution is 2.27. The number of aliphatic hydroxyl groups is 1.